The number of amides is 2. The van der Waals surface area contributed by atoms with E-state index in [4.69, 9.17) is 9.47 Å². The Hall–Kier alpha value is -1.67. The Balaban J connectivity index is 1.96. The molecule has 29 heavy (non-hydrogen) atoms. The first-order valence-electron chi connectivity index (χ1n) is 10.8. The lowest BCUT2D eigenvalue weighted by molar-refractivity contribution is -0.161. The summed E-state index contributed by atoms with van der Waals surface area (Å²) in [4.78, 5) is 40.8. The highest BCUT2D eigenvalue weighted by Crippen LogP contribution is 2.65. The van der Waals surface area contributed by atoms with Crippen LogP contribution in [0.15, 0.2) is 0 Å². The van der Waals surface area contributed by atoms with Crippen LogP contribution in [0.5, 0.6) is 0 Å². The number of rotatable bonds is 9. The van der Waals surface area contributed by atoms with E-state index in [-0.39, 0.29) is 37.5 Å². The summed E-state index contributed by atoms with van der Waals surface area (Å²) in [5.74, 6) is -2.55. The molecule has 0 saturated carbocycles. The number of aliphatic hydroxyl groups excluding tert-OH is 1. The van der Waals surface area contributed by atoms with Gasteiger partial charge in [0.05, 0.1) is 24.7 Å². The number of ether oxygens (including phenoxy) is 2. The van der Waals surface area contributed by atoms with Crippen LogP contribution in [0, 0.1) is 17.8 Å². The Labute approximate surface area is 172 Å². The number of fused-ring (bicyclic) bond motifs is 1. The van der Waals surface area contributed by atoms with Crippen molar-refractivity contribution in [1.82, 2.24) is 10.2 Å². The predicted octanol–water partition coefficient (Wildman–Crippen LogP) is 0.859. The van der Waals surface area contributed by atoms with Gasteiger partial charge in [0.2, 0.25) is 11.8 Å². The van der Waals surface area contributed by atoms with Crippen molar-refractivity contribution in [3.63, 3.8) is 0 Å². The molecule has 3 unspecified atom stereocenters. The van der Waals surface area contributed by atoms with Crippen molar-refractivity contribution in [3.05, 3.63) is 0 Å². The first-order chi connectivity index (χ1) is 13.8. The van der Waals surface area contributed by atoms with Crippen LogP contribution >= 0.6 is 0 Å². The zero-order valence-corrected chi connectivity index (χ0v) is 17.9. The molecule has 6 atom stereocenters. The number of likely N-dealkylation sites (tertiary alicyclic amines) is 1. The zero-order valence-electron chi connectivity index (χ0n) is 17.9. The standard InChI is InChI=1S/C21H34N2O6/c1-5-7-8-9-22-17(25)16-21-12-13(3)20(4,29-21)15(19(27)28-6-2)14(21)18(26)23(16)10-11-24/h13-16,24H,5-12H2,1-4H3,(H,22,25)/t13?,14-,15+,16?,20-,21?/m0/s1. The van der Waals surface area contributed by atoms with E-state index in [0.29, 0.717) is 13.0 Å². The quantitative estimate of drug-likeness (QED) is 0.431. The first kappa shape index (κ1) is 22.0. The molecule has 3 heterocycles. The van der Waals surface area contributed by atoms with E-state index in [2.05, 4.69) is 12.2 Å². The monoisotopic (exact) mass is 410 g/mol. The predicted molar refractivity (Wildman–Crippen MR) is 105 cm³/mol. The minimum atomic E-state index is -1.06. The second-order valence-corrected chi connectivity index (χ2v) is 8.71. The summed E-state index contributed by atoms with van der Waals surface area (Å²) in [6, 6.07) is -0.850. The number of unbranched alkanes of at least 4 members (excludes halogenated alkanes) is 2. The van der Waals surface area contributed by atoms with E-state index in [1.165, 1.54) is 4.90 Å². The van der Waals surface area contributed by atoms with Crippen LogP contribution in [0.2, 0.25) is 0 Å². The van der Waals surface area contributed by atoms with Crippen molar-refractivity contribution in [2.24, 2.45) is 17.8 Å². The number of aliphatic hydroxyl groups is 1. The third kappa shape index (κ3) is 3.24. The van der Waals surface area contributed by atoms with Gasteiger partial charge in [-0.15, -0.1) is 0 Å². The summed E-state index contributed by atoms with van der Waals surface area (Å²) in [6.07, 6.45) is 3.43. The number of nitrogens with one attached hydrogen (secondary N) is 1. The Morgan fingerprint density at radius 3 is 2.69 bits per heavy atom. The van der Waals surface area contributed by atoms with E-state index in [1.807, 2.05) is 13.8 Å². The molecule has 0 aromatic rings. The Bertz CT molecular complexity index is 670. The second-order valence-electron chi connectivity index (χ2n) is 8.71. The average molecular weight is 411 g/mol. The summed E-state index contributed by atoms with van der Waals surface area (Å²) in [5.41, 5.74) is -1.91. The Morgan fingerprint density at radius 2 is 2.07 bits per heavy atom. The summed E-state index contributed by atoms with van der Waals surface area (Å²) >= 11 is 0. The molecular weight excluding hydrogens is 376 g/mol. The lowest BCUT2D eigenvalue weighted by atomic mass is 9.62. The minimum Gasteiger partial charge on any atom is -0.466 e. The molecule has 3 aliphatic rings. The smallest absolute Gasteiger partial charge is 0.312 e. The van der Waals surface area contributed by atoms with E-state index in [0.717, 1.165) is 19.3 Å². The van der Waals surface area contributed by atoms with Gasteiger partial charge in [0.1, 0.15) is 17.6 Å². The Morgan fingerprint density at radius 1 is 1.34 bits per heavy atom. The largest absolute Gasteiger partial charge is 0.466 e. The van der Waals surface area contributed by atoms with Crippen LogP contribution in [0.3, 0.4) is 0 Å². The van der Waals surface area contributed by atoms with Gasteiger partial charge in [-0.3, -0.25) is 14.4 Å². The number of hydrogen-bond donors (Lipinski definition) is 2. The van der Waals surface area contributed by atoms with Crippen LogP contribution in [0.4, 0.5) is 0 Å². The molecule has 2 N–H and O–H groups in total. The lowest BCUT2D eigenvalue weighted by Crippen LogP contribution is -2.56. The van der Waals surface area contributed by atoms with Gasteiger partial charge in [0.15, 0.2) is 0 Å². The number of carbonyl (C=O) groups excluding carboxylic acids is 3. The van der Waals surface area contributed by atoms with E-state index >= 15 is 0 Å². The van der Waals surface area contributed by atoms with E-state index < -0.39 is 35.0 Å². The molecule has 3 fully saturated rings. The average Bonchev–Trinajstić information content (AvgIpc) is 3.17. The molecule has 3 aliphatic heterocycles. The van der Waals surface area contributed by atoms with Crippen molar-refractivity contribution >= 4 is 17.8 Å². The highest BCUT2D eigenvalue weighted by molar-refractivity contribution is 5.98. The van der Waals surface area contributed by atoms with Crippen LogP contribution in [-0.2, 0) is 23.9 Å². The van der Waals surface area contributed by atoms with Crippen LogP contribution < -0.4 is 5.32 Å². The molecule has 3 rings (SSSR count). The zero-order chi connectivity index (χ0) is 21.4. The highest BCUT2D eigenvalue weighted by Gasteiger charge is 2.80. The molecule has 2 amide bonds. The van der Waals surface area contributed by atoms with Gasteiger partial charge in [-0.05, 0) is 32.6 Å². The van der Waals surface area contributed by atoms with Gasteiger partial charge < -0.3 is 24.8 Å². The molecule has 164 valence electrons. The normalized spacial score (nSPS) is 37.7. The summed E-state index contributed by atoms with van der Waals surface area (Å²) in [6.45, 7) is 8.19. The maximum absolute atomic E-state index is 13.4. The molecule has 0 radical (unpaired) electrons. The maximum Gasteiger partial charge on any atom is 0.312 e. The van der Waals surface area contributed by atoms with Gasteiger partial charge >= 0.3 is 5.97 Å². The molecule has 2 bridgehead atoms. The van der Waals surface area contributed by atoms with Crippen molar-refractivity contribution in [1.29, 1.82) is 0 Å². The molecule has 8 nitrogen and oxygen atoms in total. The number of β-amino-alcohol motifs (C(OH)–C–C–N with tert-alkyl or cyclic N) is 1. The molecular formula is C21H34N2O6. The molecule has 0 aliphatic carbocycles. The number of carbonyl (C=O) groups is 3. The number of esters is 1. The van der Waals surface area contributed by atoms with Crippen molar-refractivity contribution in [2.75, 3.05) is 26.3 Å². The fraction of sp³-hybridized carbons (Fsp3) is 0.857. The van der Waals surface area contributed by atoms with Gasteiger partial charge in [-0.25, -0.2) is 0 Å². The highest BCUT2D eigenvalue weighted by atomic mass is 16.6. The van der Waals surface area contributed by atoms with Gasteiger partial charge in [-0.2, -0.15) is 0 Å². The molecule has 0 aromatic carbocycles. The third-order valence-corrected chi connectivity index (χ3v) is 7.02. The third-order valence-electron chi connectivity index (χ3n) is 7.02. The first-order valence-corrected chi connectivity index (χ1v) is 10.8. The van der Waals surface area contributed by atoms with E-state index in [9.17, 15) is 19.5 Å². The molecule has 0 aromatic heterocycles. The van der Waals surface area contributed by atoms with Gasteiger partial charge in [0.25, 0.3) is 0 Å². The summed E-state index contributed by atoms with van der Waals surface area (Å²) < 4.78 is 11.8. The fourth-order valence-electron chi connectivity index (χ4n) is 5.66. The van der Waals surface area contributed by atoms with Gasteiger partial charge in [0, 0.05) is 13.1 Å². The molecule has 3 saturated heterocycles. The van der Waals surface area contributed by atoms with Crippen LogP contribution in [0.25, 0.3) is 0 Å². The molecule has 1 spiro atoms. The lowest BCUT2D eigenvalue weighted by Gasteiger charge is -2.35. The van der Waals surface area contributed by atoms with Crippen molar-refractivity contribution < 1.29 is 29.0 Å². The summed E-state index contributed by atoms with van der Waals surface area (Å²) in [5, 5.41) is 12.5. The Kier molecular flexibility index (Phi) is 6.24. The van der Waals surface area contributed by atoms with E-state index in [1.54, 1.807) is 6.92 Å². The SMILES string of the molecule is CCCCCNC(=O)C1N(CCO)C(=O)[C@@H]2[C@H](C(=O)OCC)[C@@]3(C)OC12CC3C. The maximum atomic E-state index is 13.4. The van der Waals surface area contributed by atoms with Crippen LogP contribution in [0.1, 0.15) is 53.4 Å². The van der Waals surface area contributed by atoms with Crippen molar-refractivity contribution in [2.45, 2.75) is 70.6 Å². The topological polar surface area (TPSA) is 105 Å². The van der Waals surface area contributed by atoms with Gasteiger partial charge in [-0.1, -0.05) is 26.7 Å². The minimum absolute atomic E-state index is 0.00887. The molecule has 8 heteroatoms. The van der Waals surface area contributed by atoms with Crippen molar-refractivity contribution in [3.8, 4) is 0 Å². The second kappa shape index (κ2) is 8.22. The number of hydrogen-bond acceptors (Lipinski definition) is 6. The van der Waals surface area contributed by atoms with Crippen LogP contribution in [-0.4, -0.2) is 71.3 Å². The summed E-state index contributed by atoms with van der Waals surface area (Å²) in [7, 11) is 0. The fourth-order valence-corrected chi connectivity index (χ4v) is 5.66. The number of nitrogens with zero attached hydrogens (tertiary/aromatic N) is 1.